The number of carbonyl (C=O) groups is 2. The molecule has 0 saturated carbocycles. The Morgan fingerprint density at radius 1 is 1.19 bits per heavy atom. The molecule has 2 amide bonds. The first-order valence-corrected chi connectivity index (χ1v) is 9.56. The number of likely N-dealkylation sites (tertiary alicyclic amines) is 1. The smallest absolute Gasteiger partial charge is 0.255 e. The zero-order valence-corrected chi connectivity index (χ0v) is 16.2. The van der Waals surface area contributed by atoms with Crippen LogP contribution >= 0.6 is 0 Å². The summed E-state index contributed by atoms with van der Waals surface area (Å²) in [5, 5.41) is 2.97. The van der Waals surface area contributed by atoms with E-state index in [0.29, 0.717) is 17.4 Å². The maximum atomic E-state index is 12.7. The van der Waals surface area contributed by atoms with Crippen molar-refractivity contribution < 1.29 is 14.3 Å². The first-order chi connectivity index (χ1) is 13.0. The van der Waals surface area contributed by atoms with Crippen LogP contribution in [0.4, 0.5) is 5.82 Å². The highest BCUT2D eigenvalue weighted by Crippen LogP contribution is 2.19. The number of likely N-dealkylation sites (N-methyl/N-ethyl adjacent to an activating group) is 1. The number of pyridine rings is 1. The zero-order chi connectivity index (χ0) is 19.2. The van der Waals surface area contributed by atoms with Gasteiger partial charge in [0, 0.05) is 52.5 Å². The van der Waals surface area contributed by atoms with Crippen molar-refractivity contribution in [2.45, 2.75) is 18.9 Å². The molecule has 1 aromatic rings. The van der Waals surface area contributed by atoms with Crippen LogP contribution in [0.15, 0.2) is 18.3 Å². The van der Waals surface area contributed by atoms with Crippen molar-refractivity contribution in [2.75, 3.05) is 65.3 Å². The molecule has 8 heteroatoms. The standard InChI is InChI=1S/C19H29N5O3/c1-22(2)18(25)14-21-17-4-3-15(13-20-17)19(26)24-7-5-16(6-8-24)23-9-11-27-12-10-23/h3-4,13,16H,5-12,14H2,1-2H3,(H,20,21). The van der Waals surface area contributed by atoms with Gasteiger partial charge in [0.2, 0.25) is 5.91 Å². The molecule has 2 aliphatic heterocycles. The molecular weight excluding hydrogens is 346 g/mol. The first-order valence-electron chi connectivity index (χ1n) is 9.56. The van der Waals surface area contributed by atoms with Crippen molar-refractivity contribution in [1.82, 2.24) is 19.7 Å². The van der Waals surface area contributed by atoms with E-state index in [4.69, 9.17) is 4.74 Å². The molecule has 0 atom stereocenters. The van der Waals surface area contributed by atoms with Gasteiger partial charge in [-0.2, -0.15) is 0 Å². The summed E-state index contributed by atoms with van der Waals surface area (Å²) in [7, 11) is 3.42. The summed E-state index contributed by atoms with van der Waals surface area (Å²) in [6.07, 6.45) is 3.59. The number of piperidine rings is 1. The lowest BCUT2D eigenvalue weighted by molar-refractivity contribution is -0.126. The Hall–Kier alpha value is -2.19. The Bertz CT molecular complexity index is 635. The number of rotatable bonds is 5. The van der Waals surface area contributed by atoms with E-state index in [2.05, 4.69) is 15.2 Å². The van der Waals surface area contributed by atoms with Gasteiger partial charge in [-0.1, -0.05) is 0 Å². The monoisotopic (exact) mass is 375 g/mol. The predicted octanol–water partition coefficient (Wildman–Crippen LogP) is 0.519. The molecule has 0 radical (unpaired) electrons. The summed E-state index contributed by atoms with van der Waals surface area (Å²) < 4.78 is 5.42. The highest BCUT2D eigenvalue weighted by Gasteiger charge is 2.28. The minimum Gasteiger partial charge on any atom is -0.379 e. The minimum atomic E-state index is -0.0277. The summed E-state index contributed by atoms with van der Waals surface area (Å²) >= 11 is 0. The van der Waals surface area contributed by atoms with Crippen molar-refractivity contribution >= 4 is 17.6 Å². The van der Waals surface area contributed by atoms with E-state index in [9.17, 15) is 9.59 Å². The Labute approximate surface area is 160 Å². The topological polar surface area (TPSA) is 78.0 Å². The lowest BCUT2D eigenvalue weighted by Gasteiger charge is -2.40. The van der Waals surface area contributed by atoms with E-state index >= 15 is 0 Å². The maximum Gasteiger partial charge on any atom is 0.255 e. The molecule has 8 nitrogen and oxygen atoms in total. The van der Waals surface area contributed by atoms with Gasteiger partial charge < -0.3 is 19.9 Å². The summed E-state index contributed by atoms with van der Waals surface area (Å²) in [6, 6.07) is 4.07. The summed E-state index contributed by atoms with van der Waals surface area (Å²) in [5.74, 6) is 0.590. The molecule has 0 aliphatic carbocycles. The van der Waals surface area contributed by atoms with E-state index in [1.165, 1.54) is 4.90 Å². The third-order valence-electron chi connectivity index (χ3n) is 5.24. The molecule has 148 valence electrons. The summed E-state index contributed by atoms with van der Waals surface area (Å²) in [4.78, 5) is 34.5. The van der Waals surface area contributed by atoms with Crippen molar-refractivity contribution in [2.24, 2.45) is 0 Å². The van der Waals surface area contributed by atoms with E-state index in [1.807, 2.05) is 4.90 Å². The van der Waals surface area contributed by atoms with Gasteiger partial charge in [-0.25, -0.2) is 4.98 Å². The molecule has 3 heterocycles. The van der Waals surface area contributed by atoms with Gasteiger partial charge in [-0.3, -0.25) is 14.5 Å². The Morgan fingerprint density at radius 2 is 1.89 bits per heavy atom. The second-order valence-corrected chi connectivity index (χ2v) is 7.25. The van der Waals surface area contributed by atoms with Crippen LogP contribution in [0.1, 0.15) is 23.2 Å². The number of morpholine rings is 1. The van der Waals surface area contributed by atoms with Crippen molar-refractivity contribution in [3.8, 4) is 0 Å². The second-order valence-electron chi connectivity index (χ2n) is 7.25. The van der Waals surface area contributed by atoms with Gasteiger partial charge in [0.1, 0.15) is 5.82 Å². The average Bonchev–Trinajstić information content (AvgIpc) is 2.72. The molecule has 1 N–H and O–H groups in total. The lowest BCUT2D eigenvalue weighted by atomic mass is 10.0. The van der Waals surface area contributed by atoms with Crippen LogP contribution in [0.25, 0.3) is 0 Å². The van der Waals surface area contributed by atoms with E-state index < -0.39 is 0 Å². The van der Waals surface area contributed by atoms with Crippen LogP contribution in [0.3, 0.4) is 0 Å². The SMILES string of the molecule is CN(C)C(=O)CNc1ccc(C(=O)N2CCC(N3CCOCC3)CC2)cn1. The normalized spacial score (nSPS) is 19.0. The van der Waals surface area contributed by atoms with E-state index in [1.54, 1.807) is 32.4 Å². The molecule has 2 saturated heterocycles. The molecular formula is C19H29N5O3. The highest BCUT2D eigenvalue weighted by atomic mass is 16.5. The zero-order valence-electron chi connectivity index (χ0n) is 16.2. The predicted molar refractivity (Wildman–Crippen MR) is 103 cm³/mol. The Morgan fingerprint density at radius 3 is 2.48 bits per heavy atom. The number of carbonyl (C=O) groups excluding carboxylic acids is 2. The molecule has 27 heavy (non-hydrogen) atoms. The van der Waals surface area contributed by atoms with Crippen molar-refractivity contribution in [3.05, 3.63) is 23.9 Å². The number of anilines is 1. The second kappa shape index (κ2) is 9.14. The number of aromatic nitrogens is 1. The number of nitrogens with zero attached hydrogens (tertiary/aromatic N) is 4. The van der Waals surface area contributed by atoms with Crippen molar-refractivity contribution in [3.63, 3.8) is 0 Å². The van der Waals surface area contributed by atoms with Gasteiger partial charge in [0.15, 0.2) is 0 Å². The molecule has 1 aromatic heterocycles. The molecule has 0 spiro atoms. The number of nitrogens with one attached hydrogen (secondary N) is 1. The lowest BCUT2D eigenvalue weighted by Crippen LogP contribution is -2.50. The minimum absolute atomic E-state index is 0.0267. The van der Waals surface area contributed by atoms with E-state index in [-0.39, 0.29) is 18.4 Å². The highest BCUT2D eigenvalue weighted by molar-refractivity contribution is 5.94. The number of hydrogen-bond donors (Lipinski definition) is 1. The molecule has 0 bridgehead atoms. The van der Waals surface area contributed by atoms with Gasteiger partial charge >= 0.3 is 0 Å². The largest absolute Gasteiger partial charge is 0.379 e. The average molecular weight is 375 g/mol. The van der Waals surface area contributed by atoms with Crippen LogP contribution in [-0.2, 0) is 9.53 Å². The third kappa shape index (κ3) is 5.17. The van der Waals surface area contributed by atoms with Gasteiger partial charge in [-0.15, -0.1) is 0 Å². The third-order valence-corrected chi connectivity index (χ3v) is 5.24. The summed E-state index contributed by atoms with van der Waals surface area (Å²) in [6.45, 7) is 5.34. The fourth-order valence-electron chi connectivity index (χ4n) is 3.51. The maximum absolute atomic E-state index is 12.7. The molecule has 2 aliphatic rings. The van der Waals surface area contributed by atoms with Crippen LogP contribution in [0, 0.1) is 0 Å². The Kier molecular flexibility index (Phi) is 6.63. The van der Waals surface area contributed by atoms with Crippen LogP contribution in [0.2, 0.25) is 0 Å². The van der Waals surface area contributed by atoms with E-state index in [0.717, 1.165) is 52.2 Å². The molecule has 0 aromatic carbocycles. The number of ether oxygens (including phenoxy) is 1. The number of hydrogen-bond acceptors (Lipinski definition) is 6. The van der Waals surface area contributed by atoms with Crippen LogP contribution in [-0.4, -0.2) is 97.6 Å². The quantitative estimate of drug-likeness (QED) is 0.808. The van der Waals surface area contributed by atoms with Crippen LogP contribution < -0.4 is 5.32 Å². The molecule has 2 fully saturated rings. The van der Waals surface area contributed by atoms with Gasteiger partial charge in [0.05, 0.1) is 25.3 Å². The van der Waals surface area contributed by atoms with Gasteiger partial charge in [-0.05, 0) is 25.0 Å². The van der Waals surface area contributed by atoms with Gasteiger partial charge in [0.25, 0.3) is 5.91 Å². The fourth-order valence-corrected chi connectivity index (χ4v) is 3.51. The van der Waals surface area contributed by atoms with Crippen LogP contribution in [0.5, 0.6) is 0 Å². The molecule has 0 unspecified atom stereocenters. The number of amides is 2. The molecule has 3 rings (SSSR count). The first kappa shape index (κ1) is 19.6. The fraction of sp³-hybridized carbons (Fsp3) is 0.632. The van der Waals surface area contributed by atoms with Crippen molar-refractivity contribution in [1.29, 1.82) is 0 Å². The Balaban J connectivity index is 1.48. The summed E-state index contributed by atoms with van der Waals surface area (Å²) in [5.41, 5.74) is 0.587.